The van der Waals surface area contributed by atoms with Gasteiger partial charge in [0.1, 0.15) is 0 Å². The second-order valence-corrected chi connectivity index (χ2v) is 7.48. The molecule has 6 heteroatoms. The maximum Gasteiger partial charge on any atom is 0.317 e. The molecule has 0 atom stereocenters. The number of benzene rings is 1. The first-order chi connectivity index (χ1) is 12.6. The Morgan fingerprint density at radius 1 is 1.00 bits per heavy atom. The molecule has 0 spiro atoms. The summed E-state index contributed by atoms with van der Waals surface area (Å²) >= 11 is 0. The number of rotatable bonds is 5. The van der Waals surface area contributed by atoms with Crippen LogP contribution in [0.1, 0.15) is 20.3 Å². The van der Waals surface area contributed by atoms with Gasteiger partial charge >= 0.3 is 6.03 Å². The van der Waals surface area contributed by atoms with Gasteiger partial charge < -0.3 is 24.8 Å². The Labute approximate surface area is 157 Å². The van der Waals surface area contributed by atoms with E-state index < -0.39 is 0 Å². The molecule has 26 heavy (non-hydrogen) atoms. The largest absolute Gasteiger partial charge is 0.378 e. The number of nitrogens with zero attached hydrogens (tertiary/aromatic N) is 3. The van der Waals surface area contributed by atoms with E-state index in [0.29, 0.717) is 5.92 Å². The van der Waals surface area contributed by atoms with Crippen molar-refractivity contribution in [2.75, 3.05) is 68.8 Å². The van der Waals surface area contributed by atoms with Crippen LogP contribution >= 0.6 is 0 Å². The summed E-state index contributed by atoms with van der Waals surface area (Å²) in [6.07, 6.45) is 1.03. The van der Waals surface area contributed by atoms with Crippen molar-refractivity contribution >= 4 is 17.4 Å². The number of amides is 2. The number of anilines is 2. The van der Waals surface area contributed by atoms with Gasteiger partial charge in [-0.1, -0.05) is 26.0 Å². The molecule has 0 saturated carbocycles. The average Bonchev–Trinajstić information content (AvgIpc) is 2.68. The highest BCUT2D eigenvalue weighted by Gasteiger charge is 2.24. The molecule has 3 rings (SSSR count). The molecule has 2 saturated heterocycles. The molecule has 2 heterocycles. The van der Waals surface area contributed by atoms with Gasteiger partial charge in [0.05, 0.1) is 24.6 Å². The third kappa shape index (κ3) is 4.81. The van der Waals surface area contributed by atoms with Crippen LogP contribution in [0.25, 0.3) is 0 Å². The molecular weight excluding hydrogens is 328 g/mol. The zero-order valence-corrected chi connectivity index (χ0v) is 16.1. The first-order valence-electron chi connectivity index (χ1n) is 9.84. The molecule has 0 aliphatic carbocycles. The van der Waals surface area contributed by atoms with Crippen LogP contribution in [-0.2, 0) is 4.74 Å². The lowest BCUT2D eigenvalue weighted by molar-refractivity contribution is 0.122. The van der Waals surface area contributed by atoms with Crippen LogP contribution in [0.5, 0.6) is 0 Å². The molecule has 2 aliphatic heterocycles. The molecule has 0 aromatic heterocycles. The number of piperazine rings is 1. The first kappa shape index (κ1) is 18.8. The highest BCUT2D eigenvalue weighted by Crippen LogP contribution is 2.30. The van der Waals surface area contributed by atoms with Crippen LogP contribution in [0, 0.1) is 5.92 Å². The number of ether oxygens (including phenoxy) is 1. The number of morpholine rings is 1. The molecule has 144 valence electrons. The van der Waals surface area contributed by atoms with Crippen LogP contribution in [0.2, 0.25) is 0 Å². The van der Waals surface area contributed by atoms with E-state index in [1.807, 2.05) is 4.90 Å². The third-order valence-electron chi connectivity index (χ3n) is 5.14. The van der Waals surface area contributed by atoms with Crippen molar-refractivity contribution in [1.82, 2.24) is 10.2 Å². The number of carbonyl (C=O) groups excluding carboxylic acids is 1. The standard InChI is InChI=1S/C20H32N4O2/c1-17(2)7-8-21-20(25)24-11-9-22(10-12-24)18-5-3-4-6-19(18)23-13-15-26-16-14-23/h3-6,17H,7-16H2,1-2H3,(H,21,25). The van der Waals surface area contributed by atoms with Crippen molar-refractivity contribution < 1.29 is 9.53 Å². The predicted octanol–water partition coefficient (Wildman–Crippen LogP) is 2.40. The van der Waals surface area contributed by atoms with E-state index in [1.165, 1.54) is 11.4 Å². The monoisotopic (exact) mass is 360 g/mol. The number of carbonyl (C=O) groups is 1. The predicted molar refractivity (Wildman–Crippen MR) is 106 cm³/mol. The average molecular weight is 361 g/mol. The van der Waals surface area contributed by atoms with Gasteiger partial charge in [0, 0.05) is 45.8 Å². The lowest BCUT2D eigenvalue weighted by Gasteiger charge is -2.39. The van der Waals surface area contributed by atoms with Gasteiger partial charge in [-0.2, -0.15) is 0 Å². The maximum atomic E-state index is 12.3. The van der Waals surface area contributed by atoms with Gasteiger partial charge in [-0.3, -0.25) is 0 Å². The Kier molecular flexibility index (Phi) is 6.61. The zero-order chi connectivity index (χ0) is 18.4. The first-order valence-corrected chi connectivity index (χ1v) is 9.84. The Morgan fingerprint density at radius 2 is 1.58 bits per heavy atom. The molecule has 0 bridgehead atoms. The second-order valence-electron chi connectivity index (χ2n) is 7.48. The van der Waals surface area contributed by atoms with E-state index in [2.05, 4.69) is 53.2 Å². The summed E-state index contributed by atoms with van der Waals surface area (Å²) in [6, 6.07) is 8.68. The molecular formula is C20H32N4O2. The summed E-state index contributed by atoms with van der Waals surface area (Å²) in [5.41, 5.74) is 2.56. The normalized spacial score (nSPS) is 18.3. The quantitative estimate of drug-likeness (QED) is 0.876. The van der Waals surface area contributed by atoms with Crippen LogP contribution in [-0.4, -0.2) is 70.0 Å². The SMILES string of the molecule is CC(C)CCNC(=O)N1CCN(c2ccccc2N2CCOCC2)CC1. The van der Waals surface area contributed by atoms with Crippen LogP contribution < -0.4 is 15.1 Å². The van der Waals surface area contributed by atoms with Gasteiger partial charge in [0.2, 0.25) is 0 Å². The summed E-state index contributed by atoms with van der Waals surface area (Å²) < 4.78 is 5.49. The summed E-state index contributed by atoms with van der Waals surface area (Å²) in [5, 5.41) is 3.05. The van der Waals surface area contributed by atoms with Crippen molar-refractivity contribution in [1.29, 1.82) is 0 Å². The fourth-order valence-electron chi connectivity index (χ4n) is 3.53. The lowest BCUT2D eigenvalue weighted by atomic mass is 10.1. The second kappa shape index (κ2) is 9.12. The van der Waals surface area contributed by atoms with Crippen LogP contribution in [0.15, 0.2) is 24.3 Å². The van der Waals surface area contributed by atoms with Crippen molar-refractivity contribution in [2.24, 2.45) is 5.92 Å². The van der Waals surface area contributed by atoms with E-state index in [0.717, 1.165) is 65.4 Å². The van der Waals surface area contributed by atoms with E-state index in [9.17, 15) is 4.79 Å². The highest BCUT2D eigenvalue weighted by molar-refractivity contribution is 5.75. The molecule has 2 aliphatic rings. The summed E-state index contributed by atoms with van der Waals surface area (Å²) in [6.45, 7) is 11.9. The van der Waals surface area contributed by atoms with Gasteiger partial charge in [-0.05, 0) is 24.5 Å². The highest BCUT2D eigenvalue weighted by atomic mass is 16.5. The fourth-order valence-corrected chi connectivity index (χ4v) is 3.53. The van der Waals surface area contributed by atoms with Crippen molar-refractivity contribution in [3.63, 3.8) is 0 Å². The number of hydrogen-bond donors (Lipinski definition) is 1. The third-order valence-corrected chi connectivity index (χ3v) is 5.14. The van der Waals surface area contributed by atoms with E-state index in [1.54, 1.807) is 0 Å². The van der Waals surface area contributed by atoms with Crippen LogP contribution in [0.4, 0.5) is 16.2 Å². The minimum Gasteiger partial charge on any atom is -0.378 e. The van der Waals surface area contributed by atoms with E-state index >= 15 is 0 Å². The molecule has 1 N–H and O–H groups in total. The number of urea groups is 1. The molecule has 2 fully saturated rings. The number of para-hydroxylation sites is 2. The summed E-state index contributed by atoms with van der Waals surface area (Å²) in [5.74, 6) is 0.615. The van der Waals surface area contributed by atoms with Gasteiger partial charge in [-0.15, -0.1) is 0 Å². The minimum atomic E-state index is 0.0757. The lowest BCUT2D eigenvalue weighted by Crippen LogP contribution is -2.52. The zero-order valence-electron chi connectivity index (χ0n) is 16.1. The molecule has 0 radical (unpaired) electrons. The molecule has 6 nitrogen and oxygen atoms in total. The molecule has 2 amide bonds. The van der Waals surface area contributed by atoms with E-state index in [4.69, 9.17) is 4.74 Å². The topological polar surface area (TPSA) is 48.1 Å². The van der Waals surface area contributed by atoms with Gasteiger partial charge in [0.15, 0.2) is 0 Å². The maximum absolute atomic E-state index is 12.3. The molecule has 1 aromatic carbocycles. The van der Waals surface area contributed by atoms with Crippen molar-refractivity contribution in [2.45, 2.75) is 20.3 Å². The Hall–Kier alpha value is -1.95. The Balaban J connectivity index is 1.56. The molecule has 0 unspecified atom stereocenters. The fraction of sp³-hybridized carbons (Fsp3) is 0.650. The Bertz CT molecular complexity index is 579. The summed E-state index contributed by atoms with van der Waals surface area (Å²) in [4.78, 5) is 19.1. The van der Waals surface area contributed by atoms with Gasteiger partial charge in [-0.25, -0.2) is 4.79 Å². The number of nitrogens with one attached hydrogen (secondary N) is 1. The van der Waals surface area contributed by atoms with Crippen molar-refractivity contribution in [3.05, 3.63) is 24.3 Å². The van der Waals surface area contributed by atoms with E-state index in [-0.39, 0.29) is 6.03 Å². The smallest absolute Gasteiger partial charge is 0.317 e. The van der Waals surface area contributed by atoms with Gasteiger partial charge in [0.25, 0.3) is 0 Å². The molecule has 1 aromatic rings. The van der Waals surface area contributed by atoms with Crippen LogP contribution in [0.3, 0.4) is 0 Å². The van der Waals surface area contributed by atoms with Crippen molar-refractivity contribution in [3.8, 4) is 0 Å². The minimum absolute atomic E-state index is 0.0757. The summed E-state index contributed by atoms with van der Waals surface area (Å²) in [7, 11) is 0. The Morgan fingerprint density at radius 3 is 2.15 bits per heavy atom. The number of hydrogen-bond acceptors (Lipinski definition) is 4.